The van der Waals surface area contributed by atoms with Crippen LogP contribution in [-0.2, 0) is 32.6 Å². The van der Waals surface area contributed by atoms with E-state index < -0.39 is 28.5 Å². The highest BCUT2D eigenvalue weighted by Gasteiger charge is 2.33. The Kier molecular flexibility index (Phi) is 10.6. The molecule has 0 unspecified atom stereocenters. The van der Waals surface area contributed by atoms with Crippen LogP contribution in [0.5, 0.6) is 0 Å². The van der Waals surface area contributed by atoms with Gasteiger partial charge in [-0.2, -0.15) is 0 Å². The molecule has 40 heavy (non-hydrogen) atoms. The first kappa shape index (κ1) is 30.6. The summed E-state index contributed by atoms with van der Waals surface area (Å²) in [4.78, 5) is 41.1. The molecule has 0 fully saturated rings. The van der Waals surface area contributed by atoms with E-state index in [9.17, 15) is 22.8 Å². The van der Waals surface area contributed by atoms with Gasteiger partial charge in [-0.15, -0.1) is 0 Å². The molecule has 0 saturated carbocycles. The Morgan fingerprint density at radius 3 is 2.02 bits per heavy atom. The topological polar surface area (TPSA) is 104 Å². The van der Waals surface area contributed by atoms with Crippen LogP contribution in [0, 0.1) is 0 Å². The fraction of sp³-hybridized carbons (Fsp3) is 0.323. The quantitative estimate of drug-likeness (QED) is 0.314. The van der Waals surface area contributed by atoms with Crippen LogP contribution in [0.15, 0.2) is 84.9 Å². The Hall–Kier alpha value is -3.98. The zero-order chi connectivity index (χ0) is 29.3. The summed E-state index contributed by atoms with van der Waals surface area (Å²) in [6.07, 6.45) is 1.98. The average molecular weight is 564 g/mol. The fourth-order valence-corrected chi connectivity index (χ4v) is 5.11. The second kappa shape index (κ2) is 13.9. The van der Waals surface area contributed by atoms with E-state index in [1.165, 1.54) is 17.9 Å². The highest BCUT2D eigenvalue weighted by atomic mass is 32.2. The van der Waals surface area contributed by atoms with Crippen molar-refractivity contribution in [1.29, 1.82) is 0 Å². The van der Waals surface area contributed by atoms with Crippen molar-refractivity contribution in [1.82, 2.24) is 10.2 Å². The van der Waals surface area contributed by atoms with Crippen LogP contribution in [0.1, 0.15) is 48.7 Å². The Balaban J connectivity index is 2.06. The van der Waals surface area contributed by atoms with Gasteiger partial charge in [0.15, 0.2) is 5.78 Å². The number of hydrogen-bond donors (Lipinski definition) is 1. The van der Waals surface area contributed by atoms with Crippen molar-refractivity contribution < 1.29 is 22.8 Å². The average Bonchev–Trinajstić information content (AvgIpc) is 2.93. The van der Waals surface area contributed by atoms with Crippen LogP contribution < -0.4 is 9.62 Å². The highest BCUT2D eigenvalue weighted by Crippen LogP contribution is 2.22. The predicted octanol–water partition coefficient (Wildman–Crippen LogP) is 4.21. The molecule has 0 radical (unpaired) electrons. The highest BCUT2D eigenvalue weighted by molar-refractivity contribution is 7.92. The minimum Gasteiger partial charge on any atom is -0.352 e. The first-order chi connectivity index (χ1) is 19.0. The summed E-state index contributed by atoms with van der Waals surface area (Å²) in [6, 6.07) is 23.8. The SMILES string of the molecule is CC[C@H](C)NC(=O)[C@H](Cc1ccccc1)N(Cc1ccccc1)C(=O)CN(c1cccc(C(C)=O)c1)S(C)(=O)=O. The molecule has 0 aliphatic heterocycles. The minimum absolute atomic E-state index is 0.107. The zero-order valence-electron chi connectivity index (χ0n) is 23.4. The van der Waals surface area contributed by atoms with E-state index in [0.717, 1.165) is 21.7 Å². The number of hydrogen-bond acceptors (Lipinski definition) is 5. The number of benzene rings is 3. The van der Waals surface area contributed by atoms with Gasteiger partial charge in [0.05, 0.1) is 11.9 Å². The van der Waals surface area contributed by atoms with E-state index in [1.807, 2.05) is 74.5 Å². The lowest BCUT2D eigenvalue weighted by Crippen LogP contribution is -2.54. The molecule has 3 rings (SSSR count). The zero-order valence-corrected chi connectivity index (χ0v) is 24.2. The standard InChI is InChI=1S/C31H37N3O5S/c1-5-23(2)32-31(37)29(19-25-13-8-6-9-14-25)33(21-26-15-10-7-11-16-26)30(36)22-34(40(4,38)39)28-18-12-17-27(20-28)24(3)35/h6-18,20,23,29H,5,19,21-22H2,1-4H3,(H,32,37)/t23-,29-/m0/s1. The maximum atomic E-state index is 14.1. The molecule has 0 aliphatic carbocycles. The Morgan fingerprint density at radius 2 is 1.48 bits per heavy atom. The Bertz CT molecular complexity index is 1410. The molecular formula is C31H37N3O5S. The summed E-state index contributed by atoms with van der Waals surface area (Å²) in [5.74, 6) is -1.08. The largest absolute Gasteiger partial charge is 0.352 e. The van der Waals surface area contributed by atoms with Gasteiger partial charge in [0, 0.05) is 24.6 Å². The molecule has 0 spiro atoms. The minimum atomic E-state index is -3.92. The molecule has 3 aromatic carbocycles. The molecule has 2 atom stereocenters. The maximum absolute atomic E-state index is 14.1. The number of carbonyl (C=O) groups excluding carboxylic acids is 3. The molecular weight excluding hydrogens is 526 g/mol. The normalized spacial score (nSPS) is 12.7. The van der Waals surface area contributed by atoms with E-state index in [-0.39, 0.29) is 36.4 Å². The van der Waals surface area contributed by atoms with Crippen molar-refractivity contribution in [3.05, 3.63) is 102 Å². The van der Waals surface area contributed by atoms with E-state index in [1.54, 1.807) is 18.2 Å². The van der Waals surface area contributed by atoms with Crippen LogP contribution >= 0.6 is 0 Å². The van der Waals surface area contributed by atoms with Crippen LogP contribution in [0.2, 0.25) is 0 Å². The molecule has 0 aromatic heterocycles. The summed E-state index contributed by atoms with van der Waals surface area (Å²) in [6.45, 7) is 4.82. The van der Waals surface area contributed by atoms with Gasteiger partial charge < -0.3 is 10.2 Å². The number of ketones is 1. The first-order valence-electron chi connectivity index (χ1n) is 13.3. The van der Waals surface area contributed by atoms with Gasteiger partial charge >= 0.3 is 0 Å². The van der Waals surface area contributed by atoms with Crippen LogP contribution in [-0.4, -0.2) is 55.8 Å². The molecule has 0 bridgehead atoms. The lowest BCUT2D eigenvalue weighted by atomic mass is 10.0. The molecule has 0 aliphatic rings. The van der Waals surface area contributed by atoms with E-state index in [0.29, 0.717) is 12.0 Å². The third-order valence-corrected chi connectivity index (χ3v) is 7.83. The second-order valence-electron chi connectivity index (χ2n) is 9.91. The van der Waals surface area contributed by atoms with Crippen LogP contribution in [0.4, 0.5) is 5.69 Å². The van der Waals surface area contributed by atoms with Crippen molar-refractivity contribution in [2.24, 2.45) is 0 Å². The van der Waals surface area contributed by atoms with Gasteiger partial charge in [-0.25, -0.2) is 8.42 Å². The summed E-state index contributed by atoms with van der Waals surface area (Å²) in [7, 11) is -3.92. The molecule has 3 aromatic rings. The predicted molar refractivity (Wildman–Crippen MR) is 157 cm³/mol. The molecule has 212 valence electrons. The smallest absolute Gasteiger partial charge is 0.244 e. The van der Waals surface area contributed by atoms with Crippen molar-refractivity contribution in [2.75, 3.05) is 17.1 Å². The summed E-state index contributed by atoms with van der Waals surface area (Å²) in [5, 5.41) is 3.00. The van der Waals surface area contributed by atoms with E-state index in [4.69, 9.17) is 0 Å². The lowest BCUT2D eigenvalue weighted by molar-refractivity contribution is -0.140. The third kappa shape index (κ3) is 8.51. The van der Waals surface area contributed by atoms with Gasteiger partial charge in [0.2, 0.25) is 21.8 Å². The number of nitrogens with one attached hydrogen (secondary N) is 1. The number of amides is 2. The lowest BCUT2D eigenvalue weighted by Gasteiger charge is -2.34. The van der Waals surface area contributed by atoms with Crippen LogP contribution in [0.3, 0.4) is 0 Å². The van der Waals surface area contributed by atoms with Gasteiger partial charge in [0.1, 0.15) is 12.6 Å². The van der Waals surface area contributed by atoms with E-state index in [2.05, 4.69) is 5.32 Å². The fourth-order valence-electron chi connectivity index (χ4n) is 4.27. The van der Waals surface area contributed by atoms with E-state index >= 15 is 0 Å². The van der Waals surface area contributed by atoms with Gasteiger partial charge in [-0.05, 0) is 43.5 Å². The van der Waals surface area contributed by atoms with Gasteiger partial charge in [0.25, 0.3) is 0 Å². The summed E-state index contributed by atoms with van der Waals surface area (Å²) in [5.41, 5.74) is 2.20. The van der Waals surface area contributed by atoms with Crippen molar-refractivity contribution in [3.63, 3.8) is 0 Å². The van der Waals surface area contributed by atoms with Gasteiger partial charge in [-0.1, -0.05) is 79.7 Å². The second-order valence-corrected chi connectivity index (χ2v) is 11.8. The number of nitrogens with zero attached hydrogens (tertiary/aromatic N) is 2. The van der Waals surface area contributed by atoms with Crippen molar-refractivity contribution >= 4 is 33.3 Å². The molecule has 2 amide bonds. The molecule has 0 saturated heterocycles. The van der Waals surface area contributed by atoms with Crippen molar-refractivity contribution in [2.45, 2.75) is 52.2 Å². The molecule has 8 nitrogen and oxygen atoms in total. The number of sulfonamides is 1. The molecule has 1 N–H and O–H groups in total. The Morgan fingerprint density at radius 1 is 0.875 bits per heavy atom. The number of Topliss-reactive ketones (excluding diaryl/α,β-unsaturated/α-hetero) is 1. The van der Waals surface area contributed by atoms with Crippen molar-refractivity contribution in [3.8, 4) is 0 Å². The number of rotatable bonds is 13. The summed E-state index contributed by atoms with van der Waals surface area (Å²) < 4.78 is 26.8. The van der Waals surface area contributed by atoms with Crippen LogP contribution in [0.25, 0.3) is 0 Å². The monoisotopic (exact) mass is 563 g/mol. The number of carbonyl (C=O) groups is 3. The molecule has 9 heteroatoms. The first-order valence-corrected chi connectivity index (χ1v) is 15.1. The molecule has 0 heterocycles. The summed E-state index contributed by atoms with van der Waals surface area (Å²) >= 11 is 0. The van der Waals surface area contributed by atoms with Gasteiger partial charge in [-0.3, -0.25) is 18.7 Å². The third-order valence-electron chi connectivity index (χ3n) is 6.69. The number of anilines is 1. The Labute approximate surface area is 237 Å². The maximum Gasteiger partial charge on any atom is 0.244 e.